The summed E-state index contributed by atoms with van der Waals surface area (Å²) in [5, 5.41) is 0.935. The van der Waals surface area contributed by atoms with E-state index in [1.165, 1.54) is 11.3 Å². The number of aryl methyl sites for hydroxylation is 1. The van der Waals surface area contributed by atoms with Gasteiger partial charge in [-0.15, -0.1) is 11.3 Å². The molecule has 0 saturated carbocycles. The number of hydrogen-bond acceptors (Lipinski definition) is 4. The summed E-state index contributed by atoms with van der Waals surface area (Å²) in [6.07, 6.45) is 0. The van der Waals surface area contributed by atoms with Crippen molar-refractivity contribution in [3.05, 3.63) is 52.5 Å². The van der Waals surface area contributed by atoms with Gasteiger partial charge >= 0.3 is 0 Å². The molecule has 0 spiro atoms. The minimum Gasteiger partial charge on any atom is -0.497 e. The Balaban J connectivity index is 2.01. The lowest BCUT2D eigenvalue weighted by molar-refractivity contribution is 0.104. The maximum atomic E-state index is 12.7. The second-order valence-corrected chi connectivity index (χ2v) is 8.14. The Morgan fingerprint density at radius 3 is 2.46 bits per heavy atom. The van der Waals surface area contributed by atoms with Crippen LogP contribution < -0.4 is 4.74 Å². The number of thiophene rings is 1. The van der Waals surface area contributed by atoms with Gasteiger partial charge in [-0.25, -0.2) is 12.5 Å². The Labute approximate surface area is 147 Å². The summed E-state index contributed by atoms with van der Waals surface area (Å²) in [5.74, 6) is 0.671. The Morgan fingerprint density at radius 1 is 1.21 bits per heavy atom. The van der Waals surface area contributed by atoms with Crippen LogP contribution in [-0.2, 0) is 11.2 Å². The molecule has 3 aromatic rings. The molecule has 0 aliphatic carbocycles. The lowest BCUT2D eigenvalue weighted by Crippen LogP contribution is -2.22. The van der Waals surface area contributed by atoms with Crippen molar-refractivity contribution in [2.75, 3.05) is 21.2 Å². The molecule has 0 aliphatic rings. The van der Waals surface area contributed by atoms with Crippen LogP contribution in [0.15, 0.2) is 36.4 Å². The molecule has 2 aromatic heterocycles. The van der Waals surface area contributed by atoms with Crippen molar-refractivity contribution in [2.45, 2.75) is 6.92 Å². The number of benzene rings is 1. The summed E-state index contributed by atoms with van der Waals surface area (Å²) >= 11 is 0.0595. The molecule has 3 rings (SSSR count). The van der Waals surface area contributed by atoms with Crippen molar-refractivity contribution in [1.29, 1.82) is 0 Å². The zero-order valence-corrected chi connectivity index (χ0v) is 15.5. The largest absolute Gasteiger partial charge is 0.497 e. The number of fused-ring (bicyclic) bond motifs is 1. The highest BCUT2D eigenvalue weighted by Gasteiger charge is 2.19. The Morgan fingerprint density at radius 2 is 1.88 bits per heavy atom. The first-order valence-electron chi connectivity index (χ1n) is 7.32. The van der Waals surface area contributed by atoms with E-state index in [-0.39, 0.29) is 5.78 Å². The van der Waals surface area contributed by atoms with E-state index in [0.29, 0.717) is 16.2 Å². The Bertz CT molecular complexity index is 923. The molecule has 7 heteroatoms. The number of rotatable bonds is 5. The number of methoxy groups -OCH3 is 1. The number of aromatic nitrogens is 1. The van der Waals surface area contributed by atoms with Gasteiger partial charge in [-0.2, -0.15) is 0 Å². The quantitative estimate of drug-likeness (QED) is 0.655. The highest BCUT2D eigenvalue weighted by Crippen LogP contribution is 2.31. The molecule has 2 heterocycles. The Kier molecular flexibility index (Phi) is 4.58. The molecule has 0 amide bonds. The van der Waals surface area contributed by atoms with E-state index in [2.05, 4.69) is 0 Å². The molecular formula is C17H18N2O3S2. The SMILES string of the molecule is COc1ccc(C(=O)c2cc3cc(C)n(S(=O)N(C)C)c3s2)cc1. The molecule has 24 heavy (non-hydrogen) atoms. The van der Waals surface area contributed by atoms with Crippen molar-refractivity contribution in [1.82, 2.24) is 8.28 Å². The second-order valence-electron chi connectivity index (χ2n) is 5.55. The van der Waals surface area contributed by atoms with Crippen molar-refractivity contribution in [3.63, 3.8) is 0 Å². The third-order valence-electron chi connectivity index (χ3n) is 3.65. The summed E-state index contributed by atoms with van der Waals surface area (Å²) in [6, 6.07) is 10.9. The van der Waals surface area contributed by atoms with Gasteiger partial charge in [-0.3, -0.25) is 4.79 Å². The third-order valence-corrected chi connectivity index (χ3v) is 6.31. The van der Waals surface area contributed by atoms with E-state index < -0.39 is 11.2 Å². The van der Waals surface area contributed by atoms with E-state index in [1.54, 1.807) is 53.7 Å². The first-order valence-corrected chi connectivity index (χ1v) is 9.20. The molecule has 1 atom stereocenters. The van der Waals surface area contributed by atoms with Crippen LogP contribution in [0.3, 0.4) is 0 Å². The molecule has 0 fully saturated rings. The fourth-order valence-electron chi connectivity index (χ4n) is 2.46. The van der Waals surface area contributed by atoms with Gasteiger partial charge in [0.05, 0.1) is 12.0 Å². The fraction of sp³-hybridized carbons (Fsp3) is 0.235. The van der Waals surface area contributed by atoms with Gasteiger partial charge in [0.25, 0.3) is 0 Å². The van der Waals surface area contributed by atoms with Gasteiger partial charge in [0.15, 0.2) is 0 Å². The van der Waals surface area contributed by atoms with Crippen molar-refractivity contribution in [2.24, 2.45) is 0 Å². The van der Waals surface area contributed by atoms with E-state index in [0.717, 1.165) is 15.9 Å². The van der Waals surface area contributed by atoms with Gasteiger partial charge in [-0.1, -0.05) is 0 Å². The maximum absolute atomic E-state index is 12.7. The predicted octanol–water partition coefficient (Wildman–Crippen LogP) is 3.24. The van der Waals surface area contributed by atoms with E-state index in [9.17, 15) is 9.00 Å². The molecule has 5 nitrogen and oxygen atoms in total. The number of carbonyl (C=O) groups is 1. The summed E-state index contributed by atoms with van der Waals surface area (Å²) in [6.45, 7) is 1.92. The maximum Gasteiger partial charge on any atom is 0.203 e. The van der Waals surface area contributed by atoms with Crippen LogP contribution in [-0.4, -0.2) is 39.5 Å². The minimum absolute atomic E-state index is 0.0429. The molecule has 0 aliphatic heterocycles. The average Bonchev–Trinajstić information content (AvgIpc) is 3.10. The molecule has 0 saturated heterocycles. The van der Waals surface area contributed by atoms with Crippen LogP contribution in [0.4, 0.5) is 0 Å². The number of ketones is 1. The molecule has 0 bridgehead atoms. The predicted molar refractivity (Wildman–Crippen MR) is 98.2 cm³/mol. The number of carbonyl (C=O) groups excluding carboxylic acids is 1. The Hall–Kier alpha value is -1.96. The van der Waals surface area contributed by atoms with E-state index in [4.69, 9.17) is 4.74 Å². The smallest absolute Gasteiger partial charge is 0.203 e. The summed E-state index contributed by atoms with van der Waals surface area (Å²) < 4.78 is 21.0. The summed E-state index contributed by atoms with van der Waals surface area (Å²) in [7, 11) is 5.12. The van der Waals surface area contributed by atoms with Gasteiger partial charge < -0.3 is 4.74 Å². The van der Waals surface area contributed by atoms with Gasteiger partial charge in [0.1, 0.15) is 10.6 Å². The van der Waals surface area contributed by atoms with Crippen LogP contribution in [0, 0.1) is 6.92 Å². The molecule has 0 N–H and O–H groups in total. The van der Waals surface area contributed by atoms with Gasteiger partial charge in [-0.05, 0) is 43.3 Å². The zero-order chi connectivity index (χ0) is 17.4. The zero-order valence-electron chi connectivity index (χ0n) is 13.9. The van der Waals surface area contributed by atoms with Crippen molar-refractivity contribution < 1.29 is 13.7 Å². The number of ether oxygens (including phenoxy) is 1. The van der Waals surface area contributed by atoms with Crippen molar-refractivity contribution in [3.8, 4) is 5.75 Å². The second kappa shape index (κ2) is 6.51. The van der Waals surface area contributed by atoms with E-state index in [1.807, 2.05) is 19.1 Å². The normalized spacial score (nSPS) is 12.7. The summed E-state index contributed by atoms with van der Waals surface area (Å²) in [5.41, 5.74) is 1.52. The molecular weight excluding hydrogens is 344 g/mol. The molecule has 1 unspecified atom stereocenters. The topological polar surface area (TPSA) is 51.5 Å². The fourth-order valence-corrected chi connectivity index (χ4v) is 4.70. The van der Waals surface area contributed by atoms with Crippen LogP contribution in [0.1, 0.15) is 20.9 Å². The summed E-state index contributed by atoms with van der Waals surface area (Å²) in [4.78, 5) is 14.2. The third kappa shape index (κ3) is 2.90. The van der Waals surface area contributed by atoms with Gasteiger partial charge in [0.2, 0.25) is 17.0 Å². The number of nitrogens with zero attached hydrogens (tertiary/aromatic N) is 2. The highest BCUT2D eigenvalue weighted by atomic mass is 32.2. The van der Waals surface area contributed by atoms with Crippen LogP contribution in [0.2, 0.25) is 0 Å². The standard InChI is InChI=1S/C17H18N2O3S2/c1-11-9-13-10-15(23-17(13)19(11)24(21)18(2)3)16(20)12-5-7-14(22-4)8-6-12/h5-10H,1-4H3. The minimum atomic E-state index is -1.31. The molecule has 1 aromatic carbocycles. The number of hydrogen-bond donors (Lipinski definition) is 0. The van der Waals surface area contributed by atoms with E-state index >= 15 is 0 Å². The first kappa shape index (κ1) is 16.9. The highest BCUT2D eigenvalue weighted by molar-refractivity contribution is 7.81. The van der Waals surface area contributed by atoms with Crippen LogP contribution in [0.25, 0.3) is 10.2 Å². The monoisotopic (exact) mass is 362 g/mol. The van der Waals surface area contributed by atoms with Crippen molar-refractivity contribution >= 4 is 38.5 Å². The molecule has 0 radical (unpaired) electrons. The van der Waals surface area contributed by atoms with Crippen LogP contribution >= 0.6 is 11.3 Å². The van der Waals surface area contributed by atoms with Crippen LogP contribution in [0.5, 0.6) is 5.75 Å². The average molecular weight is 362 g/mol. The molecule has 126 valence electrons. The van der Waals surface area contributed by atoms with Gasteiger partial charge in [0, 0.05) is 30.7 Å². The lowest BCUT2D eigenvalue weighted by atomic mass is 10.1. The lowest BCUT2D eigenvalue weighted by Gasteiger charge is -2.12. The first-order chi connectivity index (χ1) is 11.4.